The molecule has 0 saturated carbocycles. The van der Waals surface area contributed by atoms with Crippen LogP contribution in [0.1, 0.15) is 0 Å². The van der Waals surface area contributed by atoms with Crippen LogP contribution in [0.2, 0.25) is 0 Å². The van der Waals surface area contributed by atoms with Gasteiger partial charge in [-0.3, -0.25) is 9.13 Å². The summed E-state index contributed by atoms with van der Waals surface area (Å²) in [4.78, 5) is 12.5. The highest BCUT2D eigenvalue weighted by Crippen LogP contribution is 2.15. The van der Waals surface area contributed by atoms with Gasteiger partial charge in [-0.05, 0) is 36.4 Å². The highest BCUT2D eigenvalue weighted by molar-refractivity contribution is 7.89. The number of fused-ring (bicyclic) bond motifs is 1. The van der Waals surface area contributed by atoms with Crippen molar-refractivity contribution in [3.05, 3.63) is 59.0 Å². The molecule has 0 bridgehead atoms. The first-order valence-corrected chi connectivity index (χ1v) is 9.20. The normalized spacial score (nSPS) is 11.8. The molecular weight excluding hydrogens is 342 g/mol. The number of benzene rings is 2. The molecule has 3 aromatic rings. The molecule has 1 aromatic heterocycles. The van der Waals surface area contributed by atoms with Crippen LogP contribution in [0, 0.1) is 0 Å². The minimum Gasteiger partial charge on any atom is -0.497 e. The number of aryl methyl sites for hydroxylation is 1. The van der Waals surface area contributed by atoms with E-state index in [4.69, 9.17) is 4.74 Å². The lowest BCUT2D eigenvalue weighted by Crippen LogP contribution is -2.31. The van der Waals surface area contributed by atoms with Gasteiger partial charge in [-0.15, -0.1) is 0 Å². The monoisotopic (exact) mass is 361 g/mol. The summed E-state index contributed by atoms with van der Waals surface area (Å²) in [5.74, 6) is 0.584. The van der Waals surface area contributed by atoms with E-state index < -0.39 is 10.0 Å². The lowest BCUT2D eigenvalue weighted by molar-refractivity contribution is 0.414. The first-order chi connectivity index (χ1) is 11.9. The van der Waals surface area contributed by atoms with Gasteiger partial charge in [0.1, 0.15) is 5.75 Å². The van der Waals surface area contributed by atoms with Crippen LogP contribution in [0.4, 0.5) is 0 Å². The molecule has 1 N–H and O–H groups in total. The van der Waals surface area contributed by atoms with Gasteiger partial charge in [0, 0.05) is 20.1 Å². The minimum atomic E-state index is -3.64. The number of rotatable bonds is 6. The van der Waals surface area contributed by atoms with Gasteiger partial charge in [0.05, 0.1) is 23.0 Å². The van der Waals surface area contributed by atoms with Gasteiger partial charge in [-0.25, -0.2) is 17.9 Å². The van der Waals surface area contributed by atoms with Crippen LogP contribution >= 0.6 is 0 Å². The number of aromatic nitrogens is 2. The molecule has 0 atom stereocenters. The van der Waals surface area contributed by atoms with Crippen LogP contribution in [-0.4, -0.2) is 31.2 Å². The molecular formula is C17H19N3O4S. The molecule has 0 spiro atoms. The molecule has 0 amide bonds. The molecule has 7 nitrogen and oxygen atoms in total. The zero-order valence-corrected chi connectivity index (χ0v) is 14.8. The fourth-order valence-electron chi connectivity index (χ4n) is 2.71. The smallest absolute Gasteiger partial charge is 0.328 e. The Kier molecular flexibility index (Phi) is 4.65. The molecule has 25 heavy (non-hydrogen) atoms. The molecule has 2 aromatic carbocycles. The third-order valence-corrected chi connectivity index (χ3v) is 5.53. The van der Waals surface area contributed by atoms with Crippen molar-refractivity contribution in [1.82, 2.24) is 13.9 Å². The van der Waals surface area contributed by atoms with Crippen LogP contribution < -0.4 is 15.1 Å². The van der Waals surface area contributed by atoms with Crippen molar-refractivity contribution >= 4 is 21.1 Å². The van der Waals surface area contributed by atoms with Gasteiger partial charge < -0.3 is 4.74 Å². The van der Waals surface area contributed by atoms with E-state index in [1.54, 1.807) is 28.3 Å². The Morgan fingerprint density at radius 3 is 2.32 bits per heavy atom. The Labute approximate surface area is 145 Å². The fraction of sp³-hybridized carbons (Fsp3) is 0.235. The summed E-state index contributed by atoms with van der Waals surface area (Å²) in [6, 6.07) is 13.5. The van der Waals surface area contributed by atoms with Crippen LogP contribution in [0.5, 0.6) is 5.75 Å². The summed E-state index contributed by atoms with van der Waals surface area (Å²) < 4.78 is 35.3. The van der Waals surface area contributed by atoms with Crippen molar-refractivity contribution < 1.29 is 13.2 Å². The maximum Gasteiger partial charge on any atom is 0.328 e. The second-order valence-corrected chi connectivity index (χ2v) is 7.32. The number of hydrogen-bond acceptors (Lipinski definition) is 4. The third-order valence-electron chi connectivity index (χ3n) is 4.05. The zero-order chi connectivity index (χ0) is 18.0. The Hall–Kier alpha value is -2.58. The average molecular weight is 361 g/mol. The second-order valence-electron chi connectivity index (χ2n) is 5.56. The molecule has 0 radical (unpaired) electrons. The average Bonchev–Trinajstić information content (AvgIpc) is 2.87. The number of para-hydroxylation sites is 2. The van der Waals surface area contributed by atoms with E-state index in [0.29, 0.717) is 5.75 Å². The molecule has 0 unspecified atom stereocenters. The van der Waals surface area contributed by atoms with E-state index in [9.17, 15) is 13.2 Å². The van der Waals surface area contributed by atoms with E-state index in [2.05, 4.69) is 4.72 Å². The predicted octanol–water partition coefficient (Wildman–Crippen LogP) is 1.33. The Morgan fingerprint density at radius 2 is 1.68 bits per heavy atom. The number of hydrogen-bond donors (Lipinski definition) is 1. The molecule has 0 aliphatic carbocycles. The number of sulfonamides is 1. The van der Waals surface area contributed by atoms with Gasteiger partial charge in [-0.1, -0.05) is 12.1 Å². The van der Waals surface area contributed by atoms with E-state index in [0.717, 1.165) is 11.0 Å². The first-order valence-electron chi connectivity index (χ1n) is 7.72. The van der Waals surface area contributed by atoms with E-state index >= 15 is 0 Å². The van der Waals surface area contributed by atoms with Gasteiger partial charge in [-0.2, -0.15) is 0 Å². The Morgan fingerprint density at radius 1 is 1.04 bits per heavy atom. The standard InChI is InChI=1S/C17H19N3O4S/c1-19-15-5-3-4-6-16(15)20(17(19)21)12-11-18-25(22,23)14-9-7-13(24-2)8-10-14/h3-10,18H,11-12H2,1-2H3. The van der Waals surface area contributed by atoms with Crippen LogP contribution in [0.15, 0.2) is 58.2 Å². The van der Waals surface area contributed by atoms with Crippen molar-refractivity contribution in [3.63, 3.8) is 0 Å². The number of ether oxygens (including phenoxy) is 1. The fourth-order valence-corrected chi connectivity index (χ4v) is 3.73. The summed E-state index contributed by atoms with van der Waals surface area (Å²) in [6.45, 7) is 0.359. The summed E-state index contributed by atoms with van der Waals surface area (Å²) in [7, 11) is -0.428. The molecule has 132 valence electrons. The summed E-state index contributed by atoms with van der Waals surface area (Å²) in [5.41, 5.74) is 1.41. The molecule has 0 aliphatic heterocycles. The number of nitrogens with one attached hydrogen (secondary N) is 1. The predicted molar refractivity (Wildman–Crippen MR) is 95.4 cm³/mol. The van der Waals surface area contributed by atoms with E-state index in [-0.39, 0.29) is 23.7 Å². The lowest BCUT2D eigenvalue weighted by Gasteiger charge is -2.08. The van der Waals surface area contributed by atoms with Gasteiger partial charge >= 0.3 is 5.69 Å². The summed E-state index contributed by atoms with van der Waals surface area (Å²) >= 11 is 0. The molecule has 0 fully saturated rings. The molecule has 0 aliphatic rings. The SMILES string of the molecule is COc1ccc(S(=O)(=O)NCCn2c(=O)n(C)c3ccccc32)cc1. The number of imidazole rings is 1. The largest absolute Gasteiger partial charge is 0.497 e. The van der Waals surface area contributed by atoms with Crippen LogP contribution in [-0.2, 0) is 23.6 Å². The number of methoxy groups -OCH3 is 1. The Bertz CT molecular complexity index is 1050. The maximum atomic E-state index is 12.3. The summed E-state index contributed by atoms with van der Waals surface area (Å²) in [5, 5.41) is 0. The van der Waals surface area contributed by atoms with Crippen LogP contribution in [0.25, 0.3) is 11.0 Å². The van der Waals surface area contributed by atoms with Gasteiger partial charge in [0.15, 0.2) is 0 Å². The van der Waals surface area contributed by atoms with Crippen molar-refractivity contribution in [2.45, 2.75) is 11.4 Å². The zero-order valence-electron chi connectivity index (χ0n) is 14.0. The van der Waals surface area contributed by atoms with Crippen molar-refractivity contribution in [1.29, 1.82) is 0 Å². The molecule has 1 heterocycles. The second kappa shape index (κ2) is 6.73. The summed E-state index contributed by atoms with van der Waals surface area (Å²) in [6.07, 6.45) is 0. The highest BCUT2D eigenvalue weighted by atomic mass is 32.2. The van der Waals surface area contributed by atoms with Crippen LogP contribution in [0.3, 0.4) is 0 Å². The van der Waals surface area contributed by atoms with Gasteiger partial charge in [0.25, 0.3) is 0 Å². The van der Waals surface area contributed by atoms with Crippen molar-refractivity contribution in [2.75, 3.05) is 13.7 Å². The van der Waals surface area contributed by atoms with Crippen molar-refractivity contribution in [3.8, 4) is 5.75 Å². The highest BCUT2D eigenvalue weighted by Gasteiger charge is 2.15. The minimum absolute atomic E-state index is 0.113. The van der Waals surface area contributed by atoms with Crippen molar-refractivity contribution in [2.24, 2.45) is 7.05 Å². The number of nitrogens with zero attached hydrogens (tertiary/aromatic N) is 2. The first kappa shape index (κ1) is 17.2. The quantitative estimate of drug-likeness (QED) is 0.718. The molecule has 8 heteroatoms. The van der Waals surface area contributed by atoms with E-state index in [1.807, 2.05) is 24.3 Å². The lowest BCUT2D eigenvalue weighted by atomic mass is 10.3. The topological polar surface area (TPSA) is 82.3 Å². The third kappa shape index (κ3) is 3.31. The Balaban J connectivity index is 1.76. The van der Waals surface area contributed by atoms with Gasteiger partial charge in [0.2, 0.25) is 10.0 Å². The maximum absolute atomic E-state index is 12.3. The van der Waals surface area contributed by atoms with E-state index in [1.165, 1.54) is 19.2 Å². The molecule has 3 rings (SSSR count). The molecule has 0 saturated heterocycles.